The van der Waals surface area contributed by atoms with Gasteiger partial charge in [0.1, 0.15) is 11.4 Å². The van der Waals surface area contributed by atoms with Gasteiger partial charge in [0, 0.05) is 6.07 Å². The molecule has 6 nitrogen and oxygen atoms in total. The van der Waals surface area contributed by atoms with Crippen LogP contribution < -0.4 is 10.2 Å². The molecular weight excluding hydrogens is 270 g/mol. The van der Waals surface area contributed by atoms with Crippen molar-refractivity contribution < 1.29 is 9.66 Å². The molecule has 108 valence electrons. The topological polar surface area (TPSA) is 76.8 Å². The highest BCUT2D eigenvalue weighted by Gasteiger charge is 2.11. The minimum Gasteiger partial charge on any atom is -0.497 e. The molecule has 0 saturated heterocycles. The first-order valence-electron chi connectivity index (χ1n) is 6.30. The summed E-state index contributed by atoms with van der Waals surface area (Å²) in [5.74, 6) is 0.762. The molecule has 0 aromatic heterocycles. The zero-order chi connectivity index (χ0) is 15.2. The van der Waals surface area contributed by atoms with Gasteiger partial charge < -0.3 is 4.74 Å². The Morgan fingerprint density at radius 3 is 2.48 bits per heavy atom. The van der Waals surface area contributed by atoms with Gasteiger partial charge >= 0.3 is 0 Å². The number of nitrogens with zero attached hydrogens (tertiary/aromatic N) is 2. The van der Waals surface area contributed by atoms with Crippen LogP contribution in [0.2, 0.25) is 0 Å². The molecule has 0 bridgehead atoms. The molecule has 0 aliphatic rings. The van der Waals surface area contributed by atoms with E-state index in [0.717, 1.165) is 17.0 Å². The second-order valence-electron chi connectivity index (χ2n) is 4.31. The van der Waals surface area contributed by atoms with Crippen LogP contribution in [0.5, 0.6) is 5.75 Å². The van der Waals surface area contributed by atoms with Crippen LogP contribution in [0.15, 0.2) is 53.6 Å². The van der Waals surface area contributed by atoms with Crippen LogP contribution >= 0.6 is 0 Å². The number of ether oxygens (including phenoxy) is 1. The van der Waals surface area contributed by atoms with E-state index in [-0.39, 0.29) is 5.69 Å². The summed E-state index contributed by atoms with van der Waals surface area (Å²) in [6.45, 7) is 1.82. The van der Waals surface area contributed by atoms with Crippen molar-refractivity contribution >= 4 is 17.1 Å². The van der Waals surface area contributed by atoms with E-state index in [0.29, 0.717) is 5.69 Å². The predicted octanol–water partition coefficient (Wildman–Crippen LogP) is 3.44. The van der Waals surface area contributed by atoms with Gasteiger partial charge in [0.15, 0.2) is 0 Å². The summed E-state index contributed by atoms with van der Waals surface area (Å²) in [5, 5.41) is 15.1. The third-order valence-corrected chi connectivity index (χ3v) is 2.95. The van der Waals surface area contributed by atoms with Crippen molar-refractivity contribution in [1.29, 1.82) is 0 Å². The standard InChI is InChI=1S/C15H15N3O3/c1-11(12-7-9-13(21-2)10-8-12)16-17-14-5-3-4-6-15(14)18(19)20/h3-10,17H,1-2H3/b16-11+. The van der Waals surface area contributed by atoms with E-state index >= 15 is 0 Å². The molecule has 2 aromatic rings. The van der Waals surface area contributed by atoms with Crippen molar-refractivity contribution in [2.24, 2.45) is 5.10 Å². The fraction of sp³-hybridized carbons (Fsp3) is 0.133. The van der Waals surface area contributed by atoms with Gasteiger partial charge in [-0.1, -0.05) is 12.1 Å². The Bertz CT molecular complexity index is 666. The second-order valence-corrected chi connectivity index (χ2v) is 4.31. The van der Waals surface area contributed by atoms with E-state index in [1.165, 1.54) is 6.07 Å². The highest BCUT2D eigenvalue weighted by Crippen LogP contribution is 2.23. The van der Waals surface area contributed by atoms with E-state index in [4.69, 9.17) is 4.74 Å². The molecule has 0 spiro atoms. The van der Waals surface area contributed by atoms with Gasteiger partial charge in [0.25, 0.3) is 5.69 Å². The number of nitro benzene ring substituents is 1. The summed E-state index contributed by atoms with van der Waals surface area (Å²) in [6.07, 6.45) is 0. The molecule has 0 radical (unpaired) electrons. The van der Waals surface area contributed by atoms with Crippen LogP contribution in [0.25, 0.3) is 0 Å². The summed E-state index contributed by atoms with van der Waals surface area (Å²) in [7, 11) is 1.60. The van der Waals surface area contributed by atoms with E-state index in [2.05, 4.69) is 10.5 Å². The van der Waals surface area contributed by atoms with Crippen LogP contribution in [-0.4, -0.2) is 17.7 Å². The molecule has 0 aliphatic carbocycles. The molecule has 2 rings (SSSR count). The lowest BCUT2D eigenvalue weighted by Gasteiger charge is -2.05. The van der Waals surface area contributed by atoms with Crippen molar-refractivity contribution in [2.75, 3.05) is 12.5 Å². The Morgan fingerprint density at radius 2 is 1.86 bits per heavy atom. The number of hydrogen-bond donors (Lipinski definition) is 1. The minimum atomic E-state index is -0.444. The lowest BCUT2D eigenvalue weighted by molar-refractivity contribution is -0.384. The van der Waals surface area contributed by atoms with E-state index < -0.39 is 4.92 Å². The minimum absolute atomic E-state index is 0.0104. The van der Waals surface area contributed by atoms with Crippen molar-refractivity contribution in [3.05, 3.63) is 64.2 Å². The monoisotopic (exact) mass is 285 g/mol. The van der Waals surface area contributed by atoms with Gasteiger partial charge in [-0.05, 0) is 42.8 Å². The molecular formula is C15H15N3O3. The maximum atomic E-state index is 10.9. The summed E-state index contributed by atoms with van der Waals surface area (Å²) >= 11 is 0. The first-order chi connectivity index (χ1) is 10.1. The SMILES string of the molecule is COc1ccc(/C(C)=N/Nc2ccccc2[N+](=O)[O-])cc1. The van der Waals surface area contributed by atoms with Crippen LogP contribution in [0, 0.1) is 10.1 Å². The lowest BCUT2D eigenvalue weighted by atomic mass is 10.1. The maximum absolute atomic E-state index is 10.9. The number of nitro groups is 1. The van der Waals surface area contributed by atoms with Crippen molar-refractivity contribution in [2.45, 2.75) is 6.92 Å². The van der Waals surface area contributed by atoms with Gasteiger partial charge in [-0.2, -0.15) is 5.10 Å². The Labute approximate surface area is 122 Å². The fourth-order valence-electron chi connectivity index (χ4n) is 1.77. The van der Waals surface area contributed by atoms with Gasteiger partial charge in [-0.15, -0.1) is 0 Å². The average molecular weight is 285 g/mol. The van der Waals surface area contributed by atoms with Crippen LogP contribution in [-0.2, 0) is 0 Å². The average Bonchev–Trinajstić information content (AvgIpc) is 2.52. The van der Waals surface area contributed by atoms with Crippen LogP contribution in [0.4, 0.5) is 11.4 Å². The maximum Gasteiger partial charge on any atom is 0.294 e. The lowest BCUT2D eigenvalue weighted by Crippen LogP contribution is -2.01. The third-order valence-electron chi connectivity index (χ3n) is 2.95. The molecule has 6 heteroatoms. The largest absolute Gasteiger partial charge is 0.497 e. The first-order valence-corrected chi connectivity index (χ1v) is 6.30. The van der Waals surface area contributed by atoms with Gasteiger partial charge in [0.05, 0.1) is 17.7 Å². The number of rotatable bonds is 5. The quantitative estimate of drug-likeness (QED) is 0.518. The van der Waals surface area contributed by atoms with Gasteiger partial charge in [0.2, 0.25) is 0 Å². The number of nitrogens with one attached hydrogen (secondary N) is 1. The third kappa shape index (κ3) is 3.56. The zero-order valence-electron chi connectivity index (χ0n) is 11.7. The predicted molar refractivity (Wildman–Crippen MR) is 81.9 cm³/mol. The molecule has 21 heavy (non-hydrogen) atoms. The molecule has 0 fully saturated rings. The first kappa shape index (κ1) is 14.5. The molecule has 2 aromatic carbocycles. The molecule has 0 heterocycles. The van der Waals surface area contributed by atoms with Crippen molar-refractivity contribution in [3.63, 3.8) is 0 Å². The summed E-state index contributed by atoms with van der Waals surface area (Å²) in [5.41, 5.74) is 4.71. The van der Waals surface area contributed by atoms with E-state index in [1.54, 1.807) is 25.3 Å². The molecule has 0 aliphatic heterocycles. The van der Waals surface area contributed by atoms with Crippen LogP contribution in [0.1, 0.15) is 12.5 Å². The smallest absolute Gasteiger partial charge is 0.294 e. The highest BCUT2D eigenvalue weighted by atomic mass is 16.6. The number of para-hydroxylation sites is 2. The number of anilines is 1. The Morgan fingerprint density at radius 1 is 1.19 bits per heavy atom. The molecule has 0 atom stereocenters. The number of hydrazone groups is 1. The van der Waals surface area contributed by atoms with Crippen molar-refractivity contribution in [1.82, 2.24) is 0 Å². The van der Waals surface area contributed by atoms with Crippen LogP contribution in [0.3, 0.4) is 0 Å². The second kappa shape index (κ2) is 6.51. The van der Waals surface area contributed by atoms with E-state index in [9.17, 15) is 10.1 Å². The molecule has 0 amide bonds. The van der Waals surface area contributed by atoms with Gasteiger partial charge in [-0.25, -0.2) is 0 Å². The molecule has 1 N–H and O–H groups in total. The zero-order valence-corrected chi connectivity index (χ0v) is 11.7. The fourth-order valence-corrected chi connectivity index (χ4v) is 1.77. The Balaban J connectivity index is 2.18. The number of hydrogen-bond acceptors (Lipinski definition) is 5. The Hall–Kier alpha value is -2.89. The number of benzene rings is 2. The Kier molecular flexibility index (Phi) is 4.50. The summed E-state index contributed by atoms with van der Waals surface area (Å²) < 4.78 is 5.09. The van der Waals surface area contributed by atoms with Gasteiger partial charge in [-0.3, -0.25) is 15.5 Å². The molecule has 0 saturated carbocycles. The number of methoxy groups -OCH3 is 1. The van der Waals surface area contributed by atoms with E-state index in [1.807, 2.05) is 31.2 Å². The summed E-state index contributed by atoms with van der Waals surface area (Å²) in [4.78, 5) is 10.5. The normalized spacial score (nSPS) is 11.0. The van der Waals surface area contributed by atoms with Crippen molar-refractivity contribution in [3.8, 4) is 5.75 Å². The summed E-state index contributed by atoms with van der Waals surface area (Å²) in [6, 6.07) is 13.8. The highest BCUT2D eigenvalue weighted by molar-refractivity contribution is 5.99. The molecule has 0 unspecified atom stereocenters.